The summed E-state index contributed by atoms with van der Waals surface area (Å²) in [6.07, 6.45) is 5.30. The molecule has 0 saturated heterocycles. The number of nitrogens with one attached hydrogen (secondary N) is 1. The minimum absolute atomic E-state index is 0.0462. The average molecular weight is 286 g/mol. The quantitative estimate of drug-likeness (QED) is 0.905. The SMILES string of the molecule is CC(C)n1ncc(C(=O)Nc2ncccc2O)c1C1CC1. The zero-order valence-electron chi connectivity index (χ0n) is 12.1. The number of pyridine rings is 1. The van der Waals surface area contributed by atoms with Crippen molar-refractivity contribution in [2.24, 2.45) is 0 Å². The fraction of sp³-hybridized carbons (Fsp3) is 0.400. The van der Waals surface area contributed by atoms with Gasteiger partial charge in [-0.2, -0.15) is 5.10 Å². The Bertz CT molecular complexity index is 674. The van der Waals surface area contributed by atoms with Crippen molar-refractivity contribution >= 4 is 11.7 Å². The van der Waals surface area contributed by atoms with E-state index in [9.17, 15) is 9.90 Å². The monoisotopic (exact) mass is 286 g/mol. The van der Waals surface area contributed by atoms with E-state index in [1.165, 1.54) is 12.3 Å². The molecule has 0 spiro atoms. The third-order valence-electron chi connectivity index (χ3n) is 3.55. The van der Waals surface area contributed by atoms with E-state index in [-0.39, 0.29) is 23.5 Å². The molecule has 2 heterocycles. The maximum absolute atomic E-state index is 12.4. The molecular formula is C15H18N4O2. The predicted molar refractivity (Wildman–Crippen MR) is 78.4 cm³/mol. The number of amides is 1. The molecule has 0 radical (unpaired) electrons. The molecule has 1 amide bonds. The molecule has 0 bridgehead atoms. The Morgan fingerprint density at radius 1 is 1.48 bits per heavy atom. The normalized spacial score (nSPS) is 14.4. The highest BCUT2D eigenvalue weighted by Gasteiger charge is 2.33. The second-order valence-electron chi connectivity index (χ2n) is 5.58. The lowest BCUT2D eigenvalue weighted by Gasteiger charge is -2.12. The van der Waals surface area contributed by atoms with Crippen LogP contribution in [0, 0.1) is 0 Å². The van der Waals surface area contributed by atoms with Crippen molar-refractivity contribution in [1.29, 1.82) is 0 Å². The van der Waals surface area contributed by atoms with Gasteiger partial charge in [0.25, 0.3) is 5.91 Å². The molecule has 6 heteroatoms. The fourth-order valence-electron chi connectivity index (χ4n) is 2.39. The number of aromatic nitrogens is 3. The number of carbonyl (C=O) groups excluding carboxylic acids is 1. The predicted octanol–water partition coefficient (Wildman–Crippen LogP) is 2.69. The standard InChI is InChI=1S/C15H18N4O2/c1-9(2)19-13(10-5-6-10)11(8-17-19)15(21)18-14-12(20)4-3-7-16-14/h3-4,7-10,20H,5-6H2,1-2H3,(H,16,18,21). The molecule has 0 unspecified atom stereocenters. The van der Waals surface area contributed by atoms with Crippen molar-refractivity contribution in [3.63, 3.8) is 0 Å². The maximum atomic E-state index is 12.4. The highest BCUT2D eigenvalue weighted by molar-refractivity contribution is 6.05. The van der Waals surface area contributed by atoms with Crippen molar-refractivity contribution in [1.82, 2.24) is 14.8 Å². The summed E-state index contributed by atoms with van der Waals surface area (Å²) in [6, 6.07) is 3.31. The van der Waals surface area contributed by atoms with Gasteiger partial charge in [-0.3, -0.25) is 9.48 Å². The molecule has 1 fully saturated rings. The molecule has 1 saturated carbocycles. The first-order valence-electron chi connectivity index (χ1n) is 7.10. The van der Waals surface area contributed by atoms with E-state index in [1.54, 1.807) is 12.3 Å². The number of carbonyl (C=O) groups is 1. The first kappa shape index (κ1) is 13.6. The number of anilines is 1. The van der Waals surface area contributed by atoms with Gasteiger partial charge in [0.1, 0.15) is 0 Å². The Morgan fingerprint density at radius 2 is 2.24 bits per heavy atom. The van der Waals surface area contributed by atoms with Gasteiger partial charge in [-0.25, -0.2) is 4.98 Å². The Labute approximate surface area is 122 Å². The second kappa shape index (κ2) is 5.20. The van der Waals surface area contributed by atoms with Crippen molar-refractivity contribution in [2.45, 2.75) is 38.6 Å². The Morgan fingerprint density at radius 3 is 2.86 bits per heavy atom. The Hall–Kier alpha value is -2.37. The van der Waals surface area contributed by atoms with Crippen molar-refractivity contribution in [2.75, 3.05) is 5.32 Å². The van der Waals surface area contributed by atoms with Crippen LogP contribution < -0.4 is 5.32 Å². The van der Waals surface area contributed by atoms with E-state index in [0.29, 0.717) is 11.5 Å². The van der Waals surface area contributed by atoms with Gasteiger partial charge in [-0.15, -0.1) is 0 Å². The van der Waals surface area contributed by atoms with Gasteiger partial charge in [0.2, 0.25) is 0 Å². The van der Waals surface area contributed by atoms with Crippen LogP contribution in [0.2, 0.25) is 0 Å². The van der Waals surface area contributed by atoms with E-state index in [2.05, 4.69) is 15.4 Å². The topological polar surface area (TPSA) is 80.0 Å². The summed E-state index contributed by atoms with van der Waals surface area (Å²) in [5, 5.41) is 16.7. The van der Waals surface area contributed by atoms with Crippen LogP contribution in [0.3, 0.4) is 0 Å². The molecular weight excluding hydrogens is 268 g/mol. The molecule has 1 aliphatic carbocycles. The summed E-state index contributed by atoms with van der Waals surface area (Å²) >= 11 is 0. The summed E-state index contributed by atoms with van der Waals surface area (Å²) in [4.78, 5) is 16.4. The molecule has 2 N–H and O–H groups in total. The minimum Gasteiger partial charge on any atom is -0.504 e. The molecule has 6 nitrogen and oxygen atoms in total. The van der Waals surface area contributed by atoms with Gasteiger partial charge < -0.3 is 10.4 Å². The van der Waals surface area contributed by atoms with E-state index in [4.69, 9.17) is 0 Å². The molecule has 110 valence electrons. The summed E-state index contributed by atoms with van der Waals surface area (Å²) in [6.45, 7) is 4.09. The molecule has 0 atom stereocenters. The maximum Gasteiger partial charge on any atom is 0.260 e. The van der Waals surface area contributed by atoms with Crippen LogP contribution in [0.1, 0.15) is 54.7 Å². The van der Waals surface area contributed by atoms with Crippen LogP contribution in [0.5, 0.6) is 5.75 Å². The molecule has 1 aliphatic rings. The molecule has 21 heavy (non-hydrogen) atoms. The second-order valence-corrected chi connectivity index (χ2v) is 5.58. The molecule has 0 aliphatic heterocycles. The van der Waals surface area contributed by atoms with Crippen LogP contribution in [-0.4, -0.2) is 25.8 Å². The molecule has 2 aromatic rings. The third-order valence-corrected chi connectivity index (χ3v) is 3.55. The van der Waals surface area contributed by atoms with Gasteiger partial charge in [0.05, 0.1) is 17.5 Å². The van der Waals surface area contributed by atoms with E-state index < -0.39 is 0 Å². The van der Waals surface area contributed by atoms with Crippen LogP contribution in [0.4, 0.5) is 5.82 Å². The van der Waals surface area contributed by atoms with Gasteiger partial charge in [-0.05, 0) is 38.8 Å². The minimum atomic E-state index is -0.280. The van der Waals surface area contributed by atoms with E-state index in [1.807, 2.05) is 18.5 Å². The molecule has 0 aromatic carbocycles. The van der Waals surface area contributed by atoms with Gasteiger partial charge in [-0.1, -0.05) is 0 Å². The van der Waals surface area contributed by atoms with E-state index in [0.717, 1.165) is 18.5 Å². The molecule has 3 rings (SSSR count). The highest BCUT2D eigenvalue weighted by atomic mass is 16.3. The Kier molecular flexibility index (Phi) is 3.37. The van der Waals surface area contributed by atoms with Crippen LogP contribution in [0.25, 0.3) is 0 Å². The number of aromatic hydroxyl groups is 1. The lowest BCUT2D eigenvalue weighted by atomic mass is 10.1. The fourth-order valence-corrected chi connectivity index (χ4v) is 2.39. The lowest BCUT2D eigenvalue weighted by molar-refractivity contribution is 0.102. The van der Waals surface area contributed by atoms with Crippen molar-refractivity contribution < 1.29 is 9.90 Å². The smallest absolute Gasteiger partial charge is 0.260 e. The number of hydrogen-bond donors (Lipinski definition) is 2. The molecule has 2 aromatic heterocycles. The zero-order valence-corrected chi connectivity index (χ0v) is 12.1. The first-order chi connectivity index (χ1) is 10.1. The van der Waals surface area contributed by atoms with Crippen LogP contribution >= 0.6 is 0 Å². The summed E-state index contributed by atoms with van der Waals surface area (Å²) in [7, 11) is 0. The van der Waals surface area contributed by atoms with Crippen molar-refractivity contribution in [3.05, 3.63) is 35.8 Å². The van der Waals surface area contributed by atoms with Gasteiger partial charge >= 0.3 is 0 Å². The van der Waals surface area contributed by atoms with Crippen LogP contribution in [0.15, 0.2) is 24.5 Å². The lowest BCUT2D eigenvalue weighted by Crippen LogP contribution is -2.16. The highest BCUT2D eigenvalue weighted by Crippen LogP contribution is 2.42. The number of hydrogen-bond acceptors (Lipinski definition) is 4. The van der Waals surface area contributed by atoms with Gasteiger partial charge in [0, 0.05) is 18.2 Å². The summed E-state index contributed by atoms with van der Waals surface area (Å²) in [5.74, 6) is 0.252. The zero-order chi connectivity index (χ0) is 15.0. The van der Waals surface area contributed by atoms with Crippen molar-refractivity contribution in [3.8, 4) is 5.75 Å². The van der Waals surface area contributed by atoms with Crippen LogP contribution in [-0.2, 0) is 0 Å². The third kappa shape index (κ3) is 2.61. The summed E-state index contributed by atoms with van der Waals surface area (Å²) < 4.78 is 1.91. The number of nitrogens with zero attached hydrogens (tertiary/aromatic N) is 3. The largest absolute Gasteiger partial charge is 0.504 e. The number of rotatable bonds is 4. The average Bonchev–Trinajstić information content (AvgIpc) is 3.19. The first-order valence-corrected chi connectivity index (χ1v) is 7.10. The summed E-state index contributed by atoms with van der Waals surface area (Å²) in [5.41, 5.74) is 1.55. The Balaban J connectivity index is 1.90. The van der Waals surface area contributed by atoms with Gasteiger partial charge in [0.15, 0.2) is 11.6 Å². The van der Waals surface area contributed by atoms with E-state index >= 15 is 0 Å².